The van der Waals surface area contributed by atoms with Gasteiger partial charge in [-0.25, -0.2) is 4.39 Å². The summed E-state index contributed by atoms with van der Waals surface area (Å²) in [5.74, 6) is 0.278. The van der Waals surface area contributed by atoms with Crippen LogP contribution in [-0.2, 0) is 4.43 Å². The molecule has 0 N–H and O–H groups in total. The zero-order valence-corrected chi connectivity index (χ0v) is 12.5. The number of unbranched alkanes of at least 4 members (excludes halogenated alkanes) is 3. The molecule has 0 aromatic heterocycles. The molecule has 0 saturated heterocycles. The molecule has 2 nitrogen and oxygen atoms in total. The Morgan fingerprint density at radius 1 is 1.17 bits per heavy atom. The molecule has 18 heavy (non-hydrogen) atoms. The molecule has 0 saturated carbocycles. The SMILES string of the molecule is CCCCCCO[Si](C)(C)Oc1cccc(F)c1. The van der Waals surface area contributed by atoms with Gasteiger partial charge in [-0.2, -0.15) is 0 Å². The van der Waals surface area contributed by atoms with Gasteiger partial charge in [-0.1, -0.05) is 32.3 Å². The summed E-state index contributed by atoms with van der Waals surface area (Å²) >= 11 is 0. The highest BCUT2D eigenvalue weighted by Gasteiger charge is 2.26. The van der Waals surface area contributed by atoms with Crippen molar-refractivity contribution in [2.75, 3.05) is 6.61 Å². The molecule has 0 amide bonds. The van der Waals surface area contributed by atoms with Crippen molar-refractivity contribution in [1.29, 1.82) is 0 Å². The molecule has 0 fully saturated rings. The summed E-state index contributed by atoms with van der Waals surface area (Å²) in [6.45, 7) is 6.89. The van der Waals surface area contributed by atoms with E-state index in [2.05, 4.69) is 6.92 Å². The third kappa shape index (κ3) is 6.17. The molecule has 0 unspecified atom stereocenters. The van der Waals surface area contributed by atoms with Crippen molar-refractivity contribution in [3.63, 3.8) is 0 Å². The average Bonchev–Trinajstić information content (AvgIpc) is 2.28. The van der Waals surface area contributed by atoms with Crippen LogP contribution in [0.15, 0.2) is 24.3 Å². The minimum Gasteiger partial charge on any atom is -0.520 e. The monoisotopic (exact) mass is 270 g/mol. The van der Waals surface area contributed by atoms with Crippen molar-refractivity contribution in [2.24, 2.45) is 0 Å². The van der Waals surface area contributed by atoms with Gasteiger partial charge in [-0.15, -0.1) is 0 Å². The second-order valence-corrected chi connectivity index (χ2v) is 8.16. The largest absolute Gasteiger partial charge is 0.520 e. The molecule has 0 radical (unpaired) electrons. The van der Waals surface area contributed by atoms with E-state index >= 15 is 0 Å². The topological polar surface area (TPSA) is 18.5 Å². The zero-order valence-electron chi connectivity index (χ0n) is 11.5. The molecule has 0 aliphatic rings. The van der Waals surface area contributed by atoms with Crippen LogP contribution in [0.4, 0.5) is 4.39 Å². The van der Waals surface area contributed by atoms with Crippen LogP contribution in [0.3, 0.4) is 0 Å². The van der Waals surface area contributed by atoms with Crippen LogP contribution < -0.4 is 4.43 Å². The number of hydrogen-bond acceptors (Lipinski definition) is 2. The Morgan fingerprint density at radius 3 is 2.61 bits per heavy atom. The minimum absolute atomic E-state index is 0.278. The maximum atomic E-state index is 13.0. The van der Waals surface area contributed by atoms with E-state index in [1.807, 2.05) is 13.1 Å². The lowest BCUT2D eigenvalue weighted by molar-refractivity contribution is 0.241. The lowest BCUT2D eigenvalue weighted by atomic mass is 10.2. The smallest absolute Gasteiger partial charge is 0.392 e. The van der Waals surface area contributed by atoms with Crippen molar-refractivity contribution in [3.05, 3.63) is 30.1 Å². The maximum absolute atomic E-state index is 13.0. The number of benzene rings is 1. The second-order valence-electron chi connectivity index (χ2n) is 4.87. The molecule has 1 aromatic carbocycles. The zero-order chi connectivity index (χ0) is 13.4. The maximum Gasteiger partial charge on any atom is 0.392 e. The van der Waals surface area contributed by atoms with Crippen molar-refractivity contribution >= 4 is 8.56 Å². The molecule has 0 atom stereocenters. The summed E-state index contributed by atoms with van der Waals surface area (Å²) in [5.41, 5.74) is 0. The molecular weight excluding hydrogens is 247 g/mol. The van der Waals surface area contributed by atoms with Crippen molar-refractivity contribution < 1.29 is 13.2 Å². The third-order valence-electron chi connectivity index (χ3n) is 2.61. The molecular formula is C14H23FO2Si. The fourth-order valence-corrected chi connectivity index (χ4v) is 3.08. The fourth-order valence-electron chi connectivity index (χ4n) is 1.69. The van der Waals surface area contributed by atoms with E-state index in [-0.39, 0.29) is 5.82 Å². The van der Waals surface area contributed by atoms with Crippen LogP contribution in [0.2, 0.25) is 13.1 Å². The number of halogens is 1. The first kappa shape index (κ1) is 15.2. The average molecular weight is 270 g/mol. The molecule has 0 bridgehead atoms. The summed E-state index contributed by atoms with van der Waals surface area (Å²) in [4.78, 5) is 0. The van der Waals surface area contributed by atoms with Crippen LogP contribution in [0.1, 0.15) is 32.6 Å². The van der Waals surface area contributed by atoms with Gasteiger partial charge in [-0.3, -0.25) is 0 Å². The quantitative estimate of drug-likeness (QED) is 0.511. The number of hydrogen-bond donors (Lipinski definition) is 0. The van der Waals surface area contributed by atoms with Crippen molar-refractivity contribution in [3.8, 4) is 5.75 Å². The van der Waals surface area contributed by atoms with Gasteiger partial charge in [0.15, 0.2) is 0 Å². The van der Waals surface area contributed by atoms with Crippen LogP contribution in [-0.4, -0.2) is 15.2 Å². The minimum atomic E-state index is -2.19. The molecule has 4 heteroatoms. The van der Waals surface area contributed by atoms with Crippen molar-refractivity contribution in [1.82, 2.24) is 0 Å². The van der Waals surface area contributed by atoms with Crippen molar-refractivity contribution in [2.45, 2.75) is 45.7 Å². The van der Waals surface area contributed by atoms with Crippen LogP contribution in [0.25, 0.3) is 0 Å². The molecule has 0 aliphatic carbocycles. The Hall–Kier alpha value is -0.873. The molecule has 0 aliphatic heterocycles. The van der Waals surface area contributed by atoms with Gasteiger partial charge in [0.25, 0.3) is 0 Å². The summed E-state index contributed by atoms with van der Waals surface area (Å²) in [6, 6.07) is 6.22. The summed E-state index contributed by atoms with van der Waals surface area (Å²) in [5, 5.41) is 0. The highest BCUT2D eigenvalue weighted by atomic mass is 28.4. The first-order valence-corrected chi connectivity index (χ1v) is 9.44. The summed E-state index contributed by atoms with van der Waals surface area (Å²) < 4.78 is 24.6. The molecule has 1 aromatic rings. The standard InChI is InChI=1S/C14H23FO2Si/c1-4-5-6-7-11-16-18(2,3)17-14-10-8-9-13(15)12-14/h8-10,12H,4-7,11H2,1-3H3. The fraction of sp³-hybridized carbons (Fsp3) is 0.571. The number of rotatable bonds is 8. The molecule has 1 rings (SSSR count). The Kier molecular flexibility index (Phi) is 6.36. The molecule has 0 heterocycles. The van der Waals surface area contributed by atoms with Gasteiger partial charge < -0.3 is 8.85 Å². The first-order chi connectivity index (χ1) is 8.53. The van der Waals surface area contributed by atoms with E-state index < -0.39 is 8.56 Å². The van der Waals surface area contributed by atoms with Gasteiger partial charge in [0.1, 0.15) is 11.6 Å². The first-order valence-electron chi connectivity index (χ1n) is 6.62. The van der Waals surface area contributed by atoms with Crippen LogP contribution in [0.5, 0.6) is 5.75 Å². The van der Waals surface area contributed by atoms with Gasteiger partial charge >= 0.3 is 8.56 Å². The van der Waals surface area contributed by atoms with E-state index in [0.29, 0.717) is 5.75 Å². The van der Waals surface area contributed by atoms with E-state index in [0.717, 1.165) is 13.0 Å². The lowest BCUT2D eigenvalue weighted by Gasteiger charge is -2.23. The Morgan fingerprint density at radius 2 is 1.94 bits per heavy atom. The Balaban J connectivity index is 2.34. The third-order valence-corrected chi connectivity index (χ3v) is 4.23. The summed E-state index contributed by atoms with van der Waals surface area (Å²) in [6.07, 6.45) is 4.73. The van der Waals surface area contributed by atoms with Crippen LogP contribution >= 0.6 is 0 Å². The summed E-state index contributed by atoms with van der Waals surface area (Å²) in [7, 11) is -2.19. The predicted octanol–water partition coefficient (Wildman–Crippen LogP) is 4.50. The molecule has 102 valence electrons. The van der Waals surface area contributed by atoms with Gasteiger partial charge in [0, 0.05) is 12.7 Å². The van der Waals surface area contributed by atoms with E-state index in [4.69, 9.17) is 8.85 Å². The van der Waals surface area contributed by atoms with Gasteiger partial charge in [0.2, 0.25) is 0 Å². The normalized spacial score (nSPS) is 11.6. The Labute approximate surface area is 110 Å². The highest BCUT2D eigenvalue weighted by Crippen LogP contribution is 2.18. The van der Waals surface area contributed by atoms with E-state index in [9.17, 15) is 4.39 Å². The second kappa shape index (κ2) is 7.54. The highest BCUT2D eigenvalue weighted by molar-refractivity contribution is 6.65. The molecule has 0 spiro atoms. The lowest BCUT2D eigenvalue weighted by Crippen LogP contribution is -2.38. The van der Waals surface area contributed by atoms with Gasteiger partial charge in [0.05, 0.1) is 0 Å². The van der Waals surface area contributed by atoms with Gasteiger partial charge in [-0.05, 0) is 31.6 Å². The van der Waals surface area contributed by atoms with E-state index in [1.54, 1.807) is 12.1 Å². The van der Waals surface area contributed by atoms with E-state index in [1.165, 1.54) is 31.4 Å². The van der Waals surface area contributed by atoms with Crippen LogP contribution in [0, 0.1) is 5.82 Å². The Bertz CT molecular complexity index is 355. The predicted molar refractivity (Wildman–Crippen MR) is 74.6 cm³/mol.